The van der Waals surface area contributed by atoms with Crippen LogP contribution in [-0.4, -0.2) is 19.4 Å². The van der Waals surface area contributed by atoms with E-state index in [0.717, 1.165) is 32.0 Å². The van der Waals surface area contributed by atoms with Crippen molar-refractivity contribution in [1.29, 1.82) is 0 Å². The normalized spacial score (nSPS) is 28.3. The third kappa shape index (κ3) is 3.65. The average Bonchev–Trinajstić information content (AvgIpc) is 2.38. The fraction of sp³-hybridized carbons (Fsp3) is 0.833. The smallest absolute Gasteiger partial charge is 0.309 e. The van der Waals surface area contributed by atoms with E-state index in [9.17, 15) is 9.59 Å². The number of aldehydes is 1. The van der Waals surface area contributed by atoms with E-state index in [4.69, 9.17) is 4.74 Å². The van der Waals surface area contributed by atoms with Gasteiger partial charge in [-0.1, -0.05) is 32.1 Å². The van der Waals surface area contributed by atoms with Crippen LogP contribution in [-0.2, 0) is 14.3 Å². The van der Waals surface area contributed by atoms with Crippen molar-refractivity contribution >= 4 is 12.3 Å². The van der Waals surface area contributed by atoms with Gasteiger partial charge in [-0.05, 0) is 12.8 Å². The largest absolute Gasteiger partial charge is 0.469 e. The Labute approximate surface area is 91.2 Å². The summed E-state index contributed by atoms with van der Waals surface area (Å²) < 4.78 is 4.76. The molecule has 86 valence electrons. The molecule has 0 amide bonds. The third-order valence-corrected chi connectivity index (χ3v) is 3.25. The first-order valence-corrected chi connectivity index (χ1v) is 5.82. The Hall–Kier alpha value is -0.860. The van der Waals surface area contributed by atoms with E-state index < -0.39 is 0 Å². The molecule has 0 aromatic carbocycles. The van der Waals surface area contributed by atoms with Crippen LogP contribution in [0.25, 0.3) is 0 Å². The molecule has 3 heteroatoms. The van der Waals surface area contributed by atoms with Gasteiger partial charge in [0, 0.05) is 5.92 Å². The second-order valence-electron chi connectivity index (χ2n) is 4.27. The SMILES string of the molecule is COC(=O)C1CCCCCCCC1C=O. The van der Waals surface area contributed by atoms with Gasteiger partial charge in [-0.2, -0.15) is 0 Å². The minimum absolute atomic E-state index is 0.129. The molecule has 2 atom stereocenters. The summed E-state index contributed by atoms with van der Waals surface area (Å²) in [5.41, 5.74) is 0. The topological polar surface area (TPSA) is 43.4 Å². The van der Waals surface area contributed by atoms with E-state index in [1.54, 1.807) is 0 Å². The van der Waals surface area contributed by atoms with Crippen molar-refractivity contribution in [2.24, 2.45) is 11.8 Å². The van der Waals surface area contributed by atoms with Crippen molar-refractivity contribution in [2.75, 3.05) is 7.11 Å². The van der Waals surface area contributed by atoms with Gasteiger partial charge < -0.3 is 9.53 Å². The Kier molecular flexibility index (Phi) is 5.37. The van der Waals surface area contributed by atoms with E-state index in [0.29, 0.717) is 0 Å². The summed E-state index contributed by atoms with van der Waals surface area (Å²) in [6.45, 7) is 0. The molecule has 0 spiro atoms. The van der Waals surface area contributed by atoms with Crippen LogP contribution < -0.4 is 0 Å². The van der Waals surface area contributed by atoms with Crippen LogP contribution >= 0.6 is 0 Å². The van der Waals surface area contributed by atoms with Crippen LogP contribution in [0, 0.1) is 11.8 Å². The highest BCUT2D eigenvalue weighted by molar-refractivity contribution is 5.76. The Morgan fingerprint density at radius 3 is 2.33 bits per heavy atom. The van der Waals surface area contributed by atoms with Gasteiger partial charge in [0.15, 0.2) is 0 Å². The summed E-state index contributed by atoms with van der Waals surface area (Å²) in [7, 11) is 1.40. The van der Waals surface area contributed by atoms with Crippen LogP contribution in [0.1, 0.15) is 44.9 Å². The van der Waals surface area contributed by atoms with Crippen molar-refractivity contribution in [3.63, 3.8) is 0 Å². The lowest BCUT2D eigenvalue weighted by Gasteiger charge is -2.19. The summed E-state index contributed by atoms with van der Waals surface area (Å²) in [4.78, 5) is 22.5. The number of carbonyl (C=O) groups is 2. The zero-order chi connectivity index (χ0) is 11.1. The van der Waals surface area contributed by atoms with E-state index in [1.807, 2.05) is 0 Å². The maximum Gasteiger partial charge on any atom is 0.309 e. The van der Waals surface area contributed by atoms with Crippen LogP contribution in [0.3, 0.4) is 0 Å². The number of methoxy groups -OCH3 is 1. The second kappa shape index (κ2) is 6.59. The number of carbonyl (C=O) groups excluding carboxylic acids is 2. The first kappa shape index (κ1) is 12.2. The maximum absolute atomic E-state index is 11.5. The van der Waals surface area contributed by atoms with Crippen molar-refractivity contribution in [3.8, 4) is 0 Å². The highest BCUT2D eigenvalue weighted by Crippen LogP contribution is 2.26. The number of ether oxygens (including phenoxy) is 1. The standard InChI is InChI=1S/C12H20O3/c1-15-12(14)11-8-6-4-2-3-5-7-10(11)9-13/h9-11H,2-8H2,1H3. The molecule has 2 unspecified atom stereocenters. The summed E-state index contributed by atoms with van der Waals surface area (Å²) >= 11 is 0. The molecule has 15 heavy (non-hydrogen) atoms. The Bertz CT molecular complexity index is 213. The molecule has 1 saturated carbocycles. The molecule has 0 N–H and O–H groups in total. The van der Waals surface area contributed by atoms with Crippen LogP contribution in [0.15, 0.2) is 0 Å². The monoisotopic (exact) mass is 212 g/mol. The number of hydrogen-bond acceptors (Lipinski definition) is 3. The van der Waals surface area contributed by atoms with Gasteiger partial charge in [-0.3, -0.25) is 4.79 Å². The molecular formula is C12H20O3. The predicted molar refractivity (Wildman–Crippen MR) is 57.4 cm³/mol. The first-order valence-electron chi connectivity index (χ1n) is 5.82. The van der Waals surface area contributed by atoms with E-state index in [2.05, 4.69) is 0 Å². The van der Waals surface area contributed by atoms with Gasteiger partial charge in [0.2, 0.25) is 0 Å². The molecule has 1 aliphatic rings. The quantitative estimate of drug-likeness (QED) is 0.521. The van der Waals surface area contributed by atoms with E-state index >= 15 is 0 Å². The Morgan fingerprint density at radius 2 is 1.73 bits per heavy atom. The summed E-state index contributed by atoms with van der Waals surface area (Å²) in [5.74, 6) is -0.546. The van der Waals surface area contributed by atoms with E-state index in [1.165, 1.54) is 26.4 Å². The fourth-order valence-corrected chi connectivity index (χ4v) is 2.30. The Morgan fingerprint density at radius 1 is 1.13 bits per heavy atom. The van der Waals surface area contributed by atoms with Gasteiger partial charge in [0.1, 0.15) is 6.29 Å². The summed E-state index contributed by atoms with van der Waals surface area (Å²) in [6, 6.07) is 0. The van der Waals surface area contributed by atoms with Gasteiger partial charge in [0.05, 0.1) is 13.0 Å². The van der Waals surface area contributed by atoms with Crippen molar-refractivity contribution in [1.82, 2.24) is 0 Å². The average molecular weight is 212 g/mol. The van der Waals surface area contributed by atoms with E-state index in [-0.39, 0.29) is 17.8 Å². The zero-order valence-electron chi connectivity index (χ0n) is 9.41. The minimum Gasteiger partial charge on any atom is -0.469 e. The first-order chi connectivity index (χ1) is 7.29. The lowest BCUT2D eigenvalue weighted by atomic mass is 9.86. The maximum atomic E-state index is 11.5. The molecule has 0 saturated heterocycles. The highest BCUT2D eigenvalue weighted by Gasteiger charge is 2.28. The number of esters is 1. The molecule has 3 nitrogen and oxygen atoms in total. The van der Waals surface area contributed by atoms with Crippen LogP contribution in [0.4, 0.5) is 0 Å². The third-order valence-electron chi connectivity index (χ3n) is 3.25. The van der Waals surface area contributed by atoms with Gasteiger partial charge in [-0.25, -0.2) is 0 Å². The Balaban J connectivity index is 2.64. The van der Waals surface area contributed by atoms with Gasteiger partial charge in [-0.15, -0.1) is 0 Å². The van der Waals surface area contributed by atoms with Gasteiger partial charge in [0.25, 0.3) is 0 Å². The number of rotatable bonds is 2. The van der Waals surface area contributed by atoms with Crippen LogP contribution in [0.2, 0.25) is 0 Å². The fourth-order valence-electron chi connectivity index (χ4n) is 2.30. The summed E-state index contributed by atoms with van der Waals surface area (Å²) in [5, 5.41) is 0. The molecule has 0 aliphatic heterocycles. The zero-order valence-corrected chi connectivity index (χ0v) is 9.41. The highest BCUT2D eigenvalue weighted by atomic mass is 16.5. The second-order valence-corrected chi connectivity index (χ2v) is 4.27. The molecular weight excluding hydrogens is 192 g/mol. The van der Waals surface area contributed by atoms with Crippen molar-refractivity contribution in [3.05, 3.63) is 0 Å². The summed E-state index contributed by atoms with van der Waals surface area (Å²) in [6.07, 6.45) is 8.23. The number of hydrogen-bond donors (Lipinski definition) is 0. The predicted octanol–water partition coefficient (Wildman–Crippen LogP) is 2.33. The lowest BCUT2D eigenvalue weighted by Crippen LogP contribution is -2.26. The minimum atomic E-state index is -0.214. The molecule has 0 heterocycles. The molecule has 1 aliphatic carbocycles. The molecule has 1 fully saturated rings. The molecule has 0 aromatic rings. The van der Waals surface area contributed by atoms with Crippen LogP contribution in [0.5, 0.6) is 0 Å². The molecule has 0 radical (unpaired) electrons. The molecule has 1 rings (SSSR count). The van der Waals surface area contributed by atoms with Crippen molar-refractivity contribution in [2.45, 2.75) is 44.9 Å². The van der Waals surface area contributed by atoms with Gasteiger partial charge >= 0.3 is 5.97 Å². The lowest BCUT2D eigenvalue weighted by molar-refractivity contribution is -0.149. The molecule has 0 bridgehead atoms. The van der Waals surface area contributed by atoms with Crippen molar-refractivity contribution < 1.29 is 14.3 Å². The molecule has 0 aromatic heterocycles.